The Kier molecular flexibility index (Phi) is 10.5. The van der Waals surface area contributed by atoms with Crippen LogP contribution in [0.4, 0.5) is 4.79 Å². The molecular weight excluding hydrogens is 451 g/mol. The number of nitrogens with one attached hydrogen (secondary N) is 1. The maximum absolute atomic E-state index is 12.1. The van der Waals surface area contributed by atoms with Gasteiger partial charge in [-0.15, -0.1) is 0 Å². The number of hydrogen-bond donors (Lipinski definition) is 1. The van der Waals surface area contributed by atoms with Crippen molar-refractivity contribution in [2.75, 3.05) is 0 Å². The van der Waals surface area contributed by atoms with Crippen molar-refractivity contribution in [3.05, 3.63) is 6.20 Å². The third kappa shape index (κ3) is 8.15. The second-order valence-corrected chi connectivity index (χ2v) is 23.5. The van der Waals surface area contributed by atoms with Gasteiger partial charge in [0, 0.05) is 0 Å². The van der Waals surface area contributed by atoms with Crippen LogP contribution in [-0.2, 0) is 0 Å². The zero-order chi connectivity index (χ0) is 19.6. The van der Waals surface area contributed by atoms with Gasteiger partial charge in [-0.25, -0.2) is 0 Å². The van der Waals surface area contributed by atoms with E-state index in [9.17, 15) is 4.79 Å². The number of carbonyl (C=O) groups excluding carboxylic acids is 1. The number of rotatable bonds is 11. The van der Waals surface area contributed by atoms with Crippen LogP contribution in [0.15, 0.2) is 6.20 Å². The molecule has 1 amide bonds. The van der Waals surface area contributed by atoms with Gasteiger partial charge in [0.2, 0.25) is 0 Å². The molecule has 26 heavy (non-hydrogen) atoms. The molecule has 0 fully saturated rings. The summed E-state index contributed by atoms with van der Waals surface area (Å²) in [5, 5.41) is 3.35. The molecule has 1 aromatic heterocycles. The van der Waals surface area contributed by atoms with Crippen molar-refractivity contribution < 1.29 is 9.53 Å². The van der Waals surface area contributed by atoms with Crippen molar-refractivity contribution >= 4 is 38.7 Å². The van der Waals surface area contributed by atoms with E-state index >= 15 is 0 Å². The summed E-state index contributed by atoms with van der Waals surface area (Å²) in [5.41, 5.74) is -0.302. The molecule has 0 saturated carbocycles. The van der Waals surface area contributed by atoms with E-state index in [2.05, 4.69) is 31.1 Å². The summed E-state index contributed by atoms with van der Waals surface area (Å²) in [6.45, 7) is 12.7. The van der Waals surface area contributed by atoms with Crippen molar-refractivity contribution in [1.82, 2.24) is 10.3 Å². The fourth-order valence-corrected chi connectivity index (χ4v) is 22.7. The van der Waals surface area contributed by atoms with Gasteiger partial charge in [0.1, 0.15) is 0 Å². The predicted octanol–water partition coefficient (Wildman–Crippen LogP) is 6.09. The first kappa shape index (κ1) is 23.7. The molecule has 0 aromatic carbocycles. The molecule has 0 atom stereocenters. The van der Waals surface area contributed by atoms with Gasteiger partial charge in [-0.05, 0) is 0 Å². The van der Waals surface area contributed by atoms with E-state index < -0.39 is 24.5 Å². The number of hydrogen-bond acceptors (Lipinski definition) is 4. The zero-order valence-electron chi connectivity index (χ0n) is 17.6. The number of nitrogens with zero attached hydrogens (tertiary/aromatic N) is 1. The normalized spacial score (nSPS) is 12.2. The molecular formula is C20H38N2O2SSn. The van der Waals surface area contributed by atoms with Gasteiger partial charge in [-0.1, -0.05) is 0 Å². The Morgan fingerprint density at radius 1 is 1.08 bits per heavy atom. The fraction of sp³-hybridized carbons (Fsp3) is 0.800. The van der Waals surface area contributed by atoms with Crippen molar-refractivity contribution in [2.45, 2.75) is 98.9 Å². The Morgan fingerprint density at radius 3 is 2.00 bits per heavy atom. The van der Waals surface area contributed by atoms with E-state index in [0.29, 0.717) is 5.19 Å². The molecule has 0 saturated heterocycles. The molecule has 1 N–H and O–H groups in total. The van der Waals surface area contributed by atoms with Crippen molar-refractivity contribution in [2.24, 2.45) is 0 Å². The number of aromatic nitrogens is 1. The van der Waals surface area contributed by atoms with Gasteiger partial charge >= 0.3 is 169 Å². The average Bonchev–Trinajstić information content (AvgIpc) is 3.01. The number of ether oxygens (including phenoxy) is 1. The number of unbranched alkanes of at least 4 members (excludes halogenated alkanes) is 3. The second kappa shape index (κ2) is 11.5. The number of carbonyl (C=O) groups is 1. The Bertz CT molecular complexity index is 518. The third-order valence-corrected chi connectivity index (χ3v) is 23.7. The van der Waals surface area contributed by atoms with Crippen molar-refractivity contribution in [3.63, 3.8) is 0 Å². The van der Waals surface area contributed by atoms with Gasteiger partial charge in [0.05, 0.1) is 0 Å². The van der Waals surface area contributed by atoms with Crippen LogP contribution in [-0.4, -0.2) is 35.0 Å². The molecule has 0 spiro atoms. The van der Waals surface area contributed by atoms with Crippen LogP contribution >= 0.6 is 11.3 Å². The summed E-state index contributed by atoms with van der Waals surface area (Å²) in [6, 6.07) is 0. The number of thiazole rings is 1. The fourth-order valence-electron chi connectivity index (χ4n) is 3.25. The maximum atomic E-state index is 12.1. The molecule has 0 aliphatic rings. The minimum atomic E-state index is -2.46. The number of amides is 1. The molecule has 1 rings (SSSR count). The summed E-state index contributed by atoms with van der Waals surface area (Å²) in [4.78, 5) is 16.5. The van der Waals surface area contributed by atoms with E-state index in [4.69, 9.17) is 4.74 Å². The van der Waals surface area contributed by atoms with Gasteiger partial charge in [0.15, 0.2) is 0 Å². The second-order valence-electron chi connectivity index (χ2n) is 8.35. The molecule has 0 bridgehead atoms. The van der Waals surface area contributed by atoms with Crippen LogP contribution < -0.4 is 12.9 Å². The Balaban J connectivity index is 2.98. The average molecular weight is 489 g/mol. The van der Waals surface area contributed by atoms with Crippen molar-refractivity contribution in [3.8, 4) is 5.19 Å². The van der Waals surface area contributed by atoms with Crippen LogP contribution in [0.3, 0.4) is 0 Å². The first-order valence-corrected chi connectivity index (χ1v) is 18.5. The standard InChI is InChI=1S/C8H11N2O2S.3C4H9.Sn/c1-8(2,3)10-6(11)12-7-9-4-5-13-7;3*1-3-4-2;/h4H,1-3H3,(H,10,11);3*1,3-4H2,2H3;. The minimum absolute atomic E-state index is 0.302. The monoisotopic (exact) mass is 490 g/mol. The van der Waals surface area contributed by atoms with Crippen LogP contribution in [0.5, 0.6) is 5.19 Å². The SMILES string of the molecule is CCC[CH2][Sn]([CH2]CCC)([CH2]CCC)[c]1cnc(OC(=O)NC(C)(C)C)s1. The zero-order valence-corrected chi connectivity index (χ0v) is 21.3. The van der Waals surface area contributed by atoms with E-state index in [1.807, 2.05) is 27.0 Å². The molecule has 1 aromatic rings. The Morgan fingerprint density at radius 2 is 1.58 bits per heavy atom. The third-order valence-electron chi connectivity index (χ3n) is 4.69. The van der Waals surface area contributed by atoms with Gasteiger partial charge < -0.3 is 0 Å². The van der Waals surface area contributed by atoms with Crippen molar-refractivity contribution in [1.29, 1.82) is 0 Å². The molecule has 150 valence electrons. The van der Waals surface area contributed by atoms with E-state index in [1.54, 1.807) is 11.3 Å². The van der Waals surface area contributed by atoms with Gasteiger partial charge in [0.25, 0.3) is 0 Å². The topological polar surface area (TPSA) is 51.2 Å². The quantitative estimate of drug-likeness (QED) is 0.383. The van der Waals surface area contributed by atoms with Gasteiger partial charge in [-0.2, -0.15) is 0 Å². The Labute approximate surface area is 168 Å². The molecule has 6 heteroatoms. The molecule has 1 heterocycles. The molecule has 4 nitrogen and oxygen atoms in total. The van der Waals surface area contributed by atoms with Crippen LogP contribution in [0.2, 0.25) is 13.3 Å². The first-order chi connectivity index (χ1) is 12.3. The van der Waals surface area contributed by atoms with E-state index in [-0.39, 0.29) is 5.54 Å². The van der Waals surface area contributed by atoms with E-state index in [1.165, 1.54) is 54.7 Å². The molecule has 0 unspecified atom stereocenters. The van der Waals surface area contributed by atoms with Gasteiger partial charge in [-0.3, -0.25) is 0 Å². The predicted molar refractivity (Wildman–Crippen MR) is 116 cm³/mol. The summed E-state index contributed by atoms with van der Waals surface area (Å²) in [7, 11) is 0. The molecule has 0 aliphatic heterocycles. The summed E-state index contributed by atoms with van der Waals surface area (Å²) in [6.07, 6.45) is 9.37. The van der Waals surface area contributed by atoms with Crippen LogP contribution in [0.25, 0.3) is 0 Å². The summed E-state index contributed by atoms with van der Waals surface area (Å²) >= 11 is -0.818. The first-order valence-electron chi connectivity index (χ1n) is 10.2. The molecule has 0 radical (unpaired) electrons. The van der Waals surface area contributed by atoms with E-state index in [0.717, 1.165) is 0 Å². The summed E-state index contributed by atoms with van der Waals surface area (Å²) in [5.74, 6) is 0. The summed E-state index contributed by atoms with van der Waals surface area (Å²) < 4.78 is 11.2. The molecule has 0 aliphatic carbocycles. The Hall–Kier alpha value is -0.301. The van der Waals surface area contributed by atoms with Crippen LogP contribution in [0, 0.1) is 0 Å². The van der Waals surface area contributed by atoms with Crippen LogP contribution in [0.1, 0.15) is 80.1 Å².